The van der Waals surface area contributed by atoms with Gasteiger partial charge in [-0.15, -0.1) is 0 Å². The molecule has 3 aromatic carbocycles. The molecule has 0 bridgehead atoms. The fraction of sp³-hybridized carbons (Fsp3) is 0.361. The summed E-state index contributed by atoms with van der Waals surface area (Å²) >= 11 is 0. The molecule has 2 heterocycles. The van der Waals surface area contributed by atoms with Crippen LogP contribution in [0.5, 0.6) is 0 Å². The van der Waals surface area contributed by atoms with Gasteiger partial charge in [0.1, 0.15) is 5.72 Å². The van der Waals surface area contributed by atoms with Crippen molar-refractivity contribution in [2.75, 3.05) is 6.61 Å². The molecule has 42 heavy (non-hydrogen) atoms. The predicted molar refractivity (Wildman–Crippen MR) is 166 cm³/mol. The van der Waals surface area contributed by atoms with Gasteiger partial charge in [-0.1, -0.05) is 72.8 Å². The fourth-order valence-corrected chi connectivity index (χ4v) is 5.81. The van der Waals surface area contributed by atoms with Gasteiger partial charge in [-0.3, -0.25) is 4.79 Å². The number of carbonyl (C=O) groups is 1. The third-order valence-corrected chi connectivity index (χ3v) is 7.74. The number of carbonyl (C=O) groups excluding carboxylic acids is 1. The van der Waals surface area contributed by atoms with Crippen molar-refractivity contribution in [3.05, 3.63) is 115 Å². The summed E-state index contributed by atoms with van der Waals surface area (Å²) in [6.07, 6.45) is 3.68. The van der Waals surface area contributed by atoms with E-state index in [1.165, 1.54) is 0 Å². The van der Waals surface area contributed by atoms with Crippen LogP contribution in [0.2, 0.25) is 0 Å². The Morgan fingerprint density at radius 2 is 1.57 bits per heavy atom. The number of amides is 1. The van der Waals surface area contributed by atoms with Gasteiger partial charge in [0.15, 0.2) is 6.29 Å². The quantitative estimate of drug-likeness (QED) is 0.223. The van der Waals surface area contributed by atoms with Gasteiger partial charge in [-0.05, 0) is 81.5 Å². The van der Waals surface area contributed by atoms with Crippen molar-refractivity contribution >= 4 is 5.91 Å². The van der Waals surface area contributed by atoms with Crippen LogP contribution >= 0.6 is 0 Å². The minimum absolute atomic E-state index is 0.0767. The van der Waals surface area contributed by atoms with Crippen molar-refractivity contribution in [1.82, 2.24) is 9.47 Å². The Labute approximate surface area is 249 Å². The summed E-state index contributed by atoms with van der Waals surface area (Å²) < 4.78 is 14.1. The molecule has 6 heteroatoms. The molecule has 5 rings (SSSR count). The molecule has 0 saturated carbocycles. The second-order valence-electron chi connectivity index (χ2n) is 12.5. The molecule has 1 aromatic heterocycles. The van der Waals surface area contributed by atoms with Crippen LogP contribution in [-0.4, -0.2) is 50.7 Å². The molecule has 0 radical (unpaired) electrons. The van der Waals surface area contributed by atoms with Crippen LogP contribution in [0.25, 0.3) is 16.8 Å². The molecule has 1 aliphatic heterocycles. The van der Waals surface area contributed by atoms with E-state index in [4.69, 9.17) is 9.47 Å². The monoisotopic (exact) mass is 566 g/mol. The molecule has 3 atom stereocenters. The van der Waals surface area contributed by atoms with Gasteiger partial charge in [-0.2, -0.15) is 0 Å². The summed E-state index contributed by atoms with van der Waals surface area (Å²) in [6, 6.07) is 30.7. The van der Waals surface area contributed by atoms with Gasteiger partial charge in [0.25, 0.3) is 0 Å². The van der Waals surface area contributed by atoms with Crippen molar-refractivity contribution in [1.29, 1.82) is 0 Å². The molecule has 1 amide bonds. The average molecular weight is 567 g/mol. The van der Waals surface area contributed by atoms with Crippen LogP contribution in [0, 0.1) is 0 Å². The molecule has 0 spiro atoms. The molecular weight excluding hydrogens is 524 g/mol. The Morgan fingerprint density at radius 3 is 2.21 bits per heavy atom. The Hall–Kier alpha value is -3.71. The first-order valence-electron chi connectivity index (χ1n) is 14.7. The number of nitrogens with zero attached hydrogens (tertiary/aromatic N) is 2. The second-order valence-corrected chi connectivity index (χ2v) is 12.5. The van der Waals surface area contributed by atoms with E-state index >= 15 is 0 Å². The second kappa shape index (κ2) is 12.3. The standard InChI is InChI=1S/C36H42N2O4/c1-35(2,3)42-33(39)23-32(34(40)38-31(25-41-36(38,4)5)22-26-12-8-6-9-13-26)29-20-21-37(24-29)30-18-16-28(17-19-30)27-14-10-7-11-15-27/h6-21,24,31-33,39H,22-23,25H2,1-5H3. The Bertz CT molecular complexity index is 1460. The molecular formula is C36H42N2O4. The summed E-state index contributed by atoms with van der Waals surface area (Å²) in [5.41, 5.74) is 3.94. The van der Waals surface area contributed by atoms with Gasteiger partial charge in [0, 0.05) is 24.5 Å². The van der Waals surface area contributed by atoms with Crippen LogP contribution in [0.3, 0.4) is 0 Å². The average Bonchev–Trinajstić information content (AvgIpc) is 3.56. The van der Waals surface area contributed by atoms with E-state index < -0.39 is 23.5 Å². The van der Waals surface area contributed by atoms with Crippen LogP contribution in [0.15, 0.2) is 103 Å². The largest absolute Gasteiger partial charge is 0.368 e. The normalized spacial score (nSPS) is 18.1. The van der Waals surface area contributed by atoms with Crippen molar-refractivity contribution in [2.24, 2.45) is 0 Å². The highest BCUT2D eigenvalue weighted by Crippen LogP contribution is 2.36. The van der Waals surface area contributed by atoms with Crippen molar-refractivity contribution in [3.8, 4) is 16.8 Å². The highest BCUT2D eigenvalue weighted by molar-refractivity contribution is 5.85. The molecule has 6 nitrogen and oxygen atoms in total. The highest BCUT2D eigenvalue weighted by atomic mass is 16.6. The summed E-state index contributed by atoms with van der Waals surface area (Å²) in [4.78, 5) is 16.4. The highest BCUT2D eigenvalue weighted by Gasteiger charge is 2.46. The van der Waals surface area contributed by atoms with Crippen LogP contribution in [-0.2, 0) is 20.7 Å². The SMILES string of the molecule is CC(C)(C)OC(O)CC(C(=O)N1C(Cc2ccccc2)COC1(C)C)c1ccn(-c2ccc(-c3ccccc3)cc2)c1. The number of rotatable bonds is 9. The third-order valence-electron chi connectivity index (χ3n) is 7.74. The first kappa shape index (κ1) is 29.8. The summed E-state index contributed by atoms with van der Waals surface area (Å²) in [5, 5.41) is 11.0. The van der Waals surface area contributed by atoms with E-state index in [1.807, 2.05) is 98.9 Å². The Balaban J connectivity index is 1.44. The van der Waals surface area contributed by atoms with Crippen molar-refractivity contribution < 1.29 is 19.4 Å². The molecule has 3 unspecified atom stereocenters. The lowest BCUT2D eigenvalue weighted by Gasteiger charge is -2.37. The van der Waals surface area contributed by atoms with E-state index in [0.717, 1.165) is 27.9 Å². The van der Waals surface area contributed by atoms with Gasteiger partial charge in [0.2, 0.25) is 5.91 Å². The zero-order valence-corrected chi connectivity index (χ0v) is 25.2. The molecule has 1 N–H and O–H groups in total. The van der Waals surface area contributed by atoms with Gasteiger partial charge < -0.3 is 24.0 Å². The van der Waals surface area contributed by atoms with E-state index in [0.29, 0.717) is 13.0 Å². The fourth-order valence-electron chi connectivity index (χ4n) is 5.81. The van der Waals surface area contributed by atoms with Gasteiger partial charge in [0.05, 0.1) is 24.2 Å². The number of ether oxygens (including phenoxy) is 2. The maximum Gasteiger partial charge on any atom is 0.232 e. The molecule has 1 fully saturated rings. The topological polar surface area (TPSA) is 63.9 Å². The summed E-state index contributed by atoms with van der Waals surface area (Å²) in [6.45, 7) is 10.0. The lowest BCUT2D eigenvalue weighted by Crippen LogP contribution is -2.51. The van der Waals surface area contributed by atoms with Crippen LogP contribution < -0.4 is 0 Å². The van der Waals surface area contributed by atoms with E-state index in [2.05, 4.69) is 48.5 Å². The first-order valence-corrected chi connectivity index (χ1v) is 14.7. The maximum atomic E-state index is 14.5. The molecule has 4 aromatic rings. The van der Waals surface area contributed by atoms with E-state index in [9.17, 15) is 9.90 Å². The zero-order chi connectivity index (χ0) is 29.9. The number of hydrogen-bond acceptors (Lipinski definition) is 4. The molecule has 1 aliphatic rings. The lowest BCUT2D eigenvalue weighted by atomic mass is 9.93. The molecule has 220 valence electrons. The third kappa shape index (κ3) is 7.01. The number of hydrogen-bond donors (Lipinski definition) is 1. The van der Waals surface area contributed by atoms with Crippen LogP contribution in [0.1, 0.15) is 58.1 Å². The minimum atomic E-state index is -1.10. The number of aromatic nitrogens is 1. The number of aliphatic hydroxyl groups excluding tert-OH is 1. The van der Waals surface area contributed by atoms with Crippen molar-refractivity contribution in [3.63, 3.8) is 0 Å². The zero-order valence-electron chi connectivity index (χ0n) is 25.2. The minimum Gasteiger partial charge on any atom is -0.368 e. The summed E-state index contributed by atoms with van der Waals surface area (Å²) in [5.74, 6) is -0.696. The molecule has 0 aliphatic carbocycles. The Morgan fingerprint density at radius 1 is 0.952 bits per heavy atom. The van der Waals surface area contributed by atoms with E-state index in [1.54, 1.807) is 0 Å². The smallest absolute Gasteiger partial charge is 0.232 e. The predicted octanol–water partition coefficient (Wildman–Crippen LogP) is 6.96. The van der Waals surface area contributed by atoms with Crippen molar-refractivity contribution in [2.45, 2.75) is 77.0 Å². The number of benzene rings is 3. The van der Waals surface area contributed by atoms with Gasteiger partial charge in [-0.25, -0.2) is 0 Å². The lowest BCUT2D eigenvalue weighted by molar-refractivity contribution is -0.176. The van der Waals surface area contributed by atoms with Crippen LogP contribution in [0.4, 0.5) is 0 Å². The maximum absolute atomic E-state index is 14.5. The number of aliphatic hydroxyl groups is 1. The molecule has 1 saturated heterocycles. The Kier molecular flexibility index (Phi) is 8.69. The van der Waals surface area contributed by atoms with Gasteiger partial charge >= 0.3 is 0 Å². The summed E-state index contributed by atoms with van der Waals surface area (Å²) in [7, 11) is 0. The van der Waals surface area contributed by atoms with E-state index in [-0.39, 0.29) is 18.4 Å². The first-order chi connectivity index (χ1) is 20.0.